The second-order valence-electron chi connectivity index (χ2n) is 6.71. The van der Waals surface area contributed by atoms with Crippen molar-refractivity contribution >= 4 is 23.1 Å². The van der Waals surface area contributed by atoms with Gasteiger partial charge >= 0.3 is 0 Å². The molecule has 0 aliphatic carbocycles. The van der Waals surface area contributed by atoms with Crippen molar-refractivity contribution in [1.29, 1.82) is 0 Å². The van der Waals surface area contributed by atoms with E-state index in [1.165, 1.54) is 24.1 Å². The molecule has 29 heavy (non-hydrogen) atoms. The van der Waals surface area contributed by atoms with E-state index in [1.54, 1.807) is 6.07 Å². The molecule has 2 aromatic rings. The first-order valence-electron chi connectivity index (χ1n) is 9.00. The van der Waals surface area contributed by atoms with Crippen LogP contribution in [0.15, 0.2) is 36.4 Å². The highest BCUT2D eigenvalue weighted by molar-refractivity contribution is 7.80. The van der Waals surface area contributed by atoms with Crippen LogP contribution in [-0.4, -0.2) is 29.1 Å². The third-order valence-electron chi connectivity index (χ3n) is 4.75. The van der Waals surface area contributed by atoms with Crippen LogP contribution in [0.2, 0.25) is 0 Å². The second-order valence-corrected chi connectivity index (χ2v) is 7.11. The Morgan fingerprint density at radius 3 is 2.72 bits per heavy atom. The van der Waals surface area contributed by atoms with Gasteiger partial charge in [-0.1, -0.05) is 24.4 Å². The van der Waals surface area contributed by atoms with Gasteiger partial charge in [0.1, 0.15) is 16.6 Å². The molecule has 154 valence electrons. The van der Waals surface area contributed by atoms with Gasteiger partial charge in [0.05, 0.1) is 12.6 Å². The third kappa shape index (κ3) is 4.35. The largest absolute Gasteiger partial charge is 0.490 e. The van der Waals surface area contributed by atoms with Crippen LogP contribution in [0, 0.1) is 23.4 Å². The van der Waals surface area contributed by atoms with E-state index < -0.39 is 29.4 Å². The molecule has 0 saturated carbocycles. The maximum absolute atomic E-state index is 14.3. The molecular weight excluding hydrogens is 403 g/mol. The molecular formula is C20H20F3N3O2S. The maximum Gasteiger partial charge on any atom is 0.238 e. The van der Waals surface area contributed by atoms with Gasteiger partial charge in [0, 0.05) is 24.0 Å². The number of halogens is 3. The van der Waals surface area contributed by atoms with E-state index in [0.29, 0.717) is 18.5 Å². The first-order valence-corrected chi connectivity index (χ1v) is 9.41. The Labute approximate surface area is 171 Å². The molecule has 0 bridgehead atoms. The molecule has 0 radical (unpaired) electrons. The molecule has 1 unspecified atom stereocenters. The number of fused-ring (bicyclic) bond motifs is 1. The van der Waals surface area contributed by atoms with Crippen molar-refractivity contribution in [1.82, 2.24) is 10.4 Å². The van der Waals surface area contributed by atoms with Crippen LogP contribution in [0.25, 0.3) is 0 Å². The lowest BCUT2D eigenvalue weighted by atomic mass is 9.87. The molecule has 0 spiro atoms. The van der Waals surface area contributed by atoms with Crippen LogP contribution >= 0.6 is 12.2 Å². The number of para-hydroxylation sites is 1. The molecule has 0 fully saturated rings. The standard InChI is InChI=1S/C20H20F3N3O2S/c1-11(27)26(25-20(29)15-9-13(21)5-6-16(15)22)18-12(7-8-24)10-28-19-14(18)3-2-4-17(19)23/h2-6,9,12,18H,7-8,10,24H2,1H3,(H,25,29)/t12-,18?/m1/s1. The van der Waals surface area contributed by atoms with Gasteiger partial charge < -0.3 is 10.5 Å². The van der Waals surface area contributed by atoms with Crippen molar-refractivity contribution in [2.45, 2.75) is 19.4 Å². The van der Waals surface area contributed by atoms with Crippen LogP contribution in [0.4, 0.5) is 13.2 Å². The number of rotatable bonds is 4. The molecule has 3 rings (SSSR count). The highest BCUT2D eigenvalue weighted by atomic mass is 32.1. The van der Waals surface area contributed by atoms with Gasteiger partial charge in [0.15, 0.2) is 11.6 Å². The van der Waals surface area contributed by atoms with Crippen LogP contribution in [-0.2, 0) is 4.79 Å². The van der Waals surface area contributed by atoms with Crippen molar-refractivity contribution < 1.29 is 22.7 Å². The normalized spacial score (nSPS) is 17.8. The average molecular weight is 423 g/mol. The summed E-state index contributed by atoms with van der Waals surface area (Å²) in [5, 5.41) is 1.20. The first kappa shape index (κ1) is 21.1. The molecule has 1 aliphatic heterocycles. The van der Waals surface area contributed by atoms with Crippen molar-refractivity contribution in [2.24, 2.45) is 11.7 Å². The number of carbonyl (C=O) groups is 1. The number of ether oxygens (including phenoxy) is 1. The smallest absolute Gasteiger partial charge is 0.238 e. The summed E-state index contributed by atoms with van der Waals surface area (Å²) in [6, 6.07) is 6.62. The Bertz CT molecular complexity index is 941. The number of nitrogens with two attached hydrogens (primary N) is 1. The number of hydrogen-bond acceptors (Lipinski definition) is 4. The van der Waals surface area contributed by atoms with Crippen molar-refractivity contribution in [2.75, 3.05) is 13.2 Å². The van der Waals surface area contributed by atoms with Crippen molar-refractivity contribution in [3.05, 3.63) is 65.0 Å². The van der Waals surface area contributed by atoms with Crippen LogP contribution in [0.3, 0.4) is 0 Å². The summed E-state index contributed by atoms with van der Waals surface area (Å²) < 4.78 is 47.5. The Morgan fingerprint density at radius 2 is 2.03 bits per heavy atom. The Kier molecular flexibility index (Phi) is 6.39. The zero-order valence-corrected chi connectivity index (χ0v) is 16.4. The topological polar surface area (TPSA) is 67.6 Å². The predicted molar refractivity (Wildman–Crippen MR) is 106 cm³/mol. The molecule has 1 aliphatic rings. The Hall–Kier alpha value is -2.65. The van der Waals surface area contributed by atoms with Gasteiger partial charge in [0.2, 0.25) is 5.91 Å². The second kappa shape index (κ2) is 8.79. The fraction of sp³-hybridized carbons (Fsp3) is 0.300. The number of hydrazine groups is 1. The number of nitrogens with one attached hydrogen (secondary N) is 1. The molecule has 0 saturated heterocycles. The minimum atomic E-state index is -0.732. The van der Waals surface area contributed by atoms with Gasteiger partial charge in [-0.2, -0.15) is 0 Å². The monoisotopic (exact) mass is 423 g/mol. The molecule has 2 atom stereocenters. The lowest BCUT2D eigenvalue weighted by Gasteiger charge is -2.40. The first-order chi connectivity index (χ1) is 13.8. The highest BCUT2D eigenvalue weighted by Gasteiger charge is 2.38. The summed E-state index contributed by atoms with van der Waals surface area (Å²) >= 11 is 5.22. The van der Waals surface area contributed by atoms with Gasteiger partial charge in [-0.25, -0.2) is 18.2 Å². The zero-order chi connectivity index (χ0) is 21.1. The lowest BCUT2D eigenvalue weighted by molar-refractivity contribution is -0.136. The number of amides is 1. The summed E-state index contributed by atoms with van der Waals surface area (Å²) in [4.78, 5) is 12.3. The molecule has 1 amide bonds. The SMILES string of the molecule is CC(=O)N(NC(=S)c1cc(F)ccc1F)C1c2cccc(F)c2OC[C@H]1CCN. The zero-order valence-electron chi connectivity index (χ0n) is 15.6. The van der Waals surface area contributed by atoms with Crippen LogP contribution in [0.5, 0.6) is 5.75 Å². The maximum atomic E-state index is 14.3. The third-order valence-corrected chi connectivity index (χ3v) is 5.07. The van der Waals surface area contributed by atoms with Crippen LogP contribution < -0.4 is 15.9 Å². The van der Waals surface area contributed by atoms with E-state index in [0.717, 1.165) is 18.2 Å². The number of carbonyl (C=O) groups excluding carboxylic acids is 1. The molecule has 9 heteroatoms. The molecule has 5 nitrogen and oxygen atoms in total. The van der Waals surface area contributed by atoms with E-state index in [9.17, 15) is 18.0 Å². The van der Waals surface area contributed by atoms with E-state index in [-0.39, 0.29) is 28.8 Å². The Morgan fingerprint density at radius 1 is 1.28 bits per heavy atom. The van der Waals surface area contributed by atoms with E-state index in [4.69, 9.17) is 22.7 Å². The minimum absolute atomic E-state index is 0.0432. The molecule has 0 aromatic heterocycles. The summed E-state index contributed by atoms with van der Waals surface area (Å²) in [7, 11) is 0. The predicted octanol–water partition coefficient (Wildman–Crippen LogP) is 3.23. The van der Waals surface area contributed by atoms with Gasteiger partial charge in [-0.15, -0.1) is 0 Å². The minimum Gasteiger partial charge on any atom is -0.490 e. The number of nitrogens with zero attached hydrogens (tertiary/aromatic N) is 1. The van der Waals surface area contributed by atoms with Crippen LogP contribution in [0.1, 0.15) is 30.5 Å². The average Bonchev–Trinajstić information content (AvgIpc) is 2.68. The molecule has 2 aromatic carbocycles. The summed E-state index contributed by atoms with van der Waals surface area (Å²) in [5.74, 6) is -2.61. The summed E-state index contributed by atoms with van der Waals surface area (Å²) in [5.41, 5.74) is 8.67. The van der Waals surface area contributed by atoms with Gasteiger partial charge in [-0.3, -0.25) is 10.2 Å². The van der Waals surface area contributed by atoms with E-state index >= 15 is 0 Å². The lowest BCUT2D eigenvalue weighted by Crippen LogP contribution is -2.51. The quantitative estimate of drug-likeness (QED) is 0.584. The summed E-state index contributed by atoms with van der Waals surface area (Å²) in [6.45, 7) is 1.76. The van der Waals surface area contributed by atoms with Crippen molar-refractivity contribution in [3.63, 3.8) is 0 Å². The van der Waals surface area contributed by atoms with Crippen molar-refractivity contribution in [3.8, 4) is 5.75 Å². The van der Waals surface area contributed by atoms with E-state index in [2.05, 4.69) is 5.43 Å². The number of benzene rings is 2. The summed E-state index contributed by atoms with van der Waals surface area (Å²) in [6.07, 6.45) is 0.493. The molecule has 3 N–H and O–H groups in total. The van der Waals surface area contributed by atoms with E-state index in [1.807, 2.05) is 0 Å². The highest BCUT2D eigenvalue weighted by Crippen LogP contribution is 2.41. The molecule has 1 heterocycles. The Balaban J connectivity index is 2.00. The van der Waals surface area contributed by atoms with Gasteiger partial charge in [-0.05, 0) is 37.2 Å². The number of hydrogen-bond donors (Lipinski definition) is 2. The number of thiocarbonyl (C=S) groups is 1. The fourth-order valence-corrected chi connectivity index (χ4v) is 3.69. The van der Waals surface area contributed by atoms with Gasteiger partial charge in [0.25, 0.3) is 0 Å². The fourth-order valence-electron chi connectivity index (χ4n) is 3.44.